The standard InChI is InChI=1S/C12H9FN2/c13-7-3-4-8-10(6-7)11(14)9-2-1-5-15-12(8)9/h1-6,11H,14H2. The van der Waals surface area contributed by atoms with Gasteiger partial charge in [0.25, 0.3) is 0 Å². The van der Waals surface area contributed by atoms with E-state index in [-0.39, 0.29) is 11.9 Å². The second-order valence-corrected chi connectivity index (χ2v) is 3.65. The summed E-state index contributed by atoms with van der Waals surface area (Å²) in [7, 11) is 0. The van der Waals surface area contributed by atoms with Crippen LogP contribution in [0.25, 0.3) is 11.3 Å². The molecular formula is C12H9FN2. The van der Waals surface area contributed by atoms with E-state index in [9.17, 15) is 4.39 Å². The van der Waals surface area contributed by atoms with Crippen molar-refractivity contribution in [2.24, 2.45) is 5.73 Å². The van der Waals surface area contributed by atoms with Gasteiger partial charge in [-0.1, -0.05) is 6.07 Å². The number of aromatic nitrogens is 1. The van der Waals surface area contributed by atoms with Gasteiger partial charge in [-0.15, -0.1) is 0 Å². The average molecular weight is 200 g/mol. The SMILES string of the molecule is NC1c2cc(F)ccc2-c2ncccc21. The van der Waals surface area contributed by atoms with Crippen LogP contribution in [-0.4, -0.2) is 4.98 Å². The van der Waals surface area contributed by atoms with E-state index in [1.54, 1.807) is 12.3 Å². The Morgan fingerprint density at radius 1 is 1.20 bits per heavy atom. The summed E-state index contributed by atoms with van der Waals surface area (Å²) in [6.07, 6.45) is 1.73. The van der Waals surface area contributed by atoms with Gasteiger partial charge in [0, 0.05) is 11.8 Å². The third-order valence-corrected chi connectivity index (χ3v) is 2.78. The Labute approximate surface area is 86.6 Å². The molecule has 1 atom stereocenters. The van der Waals surface area contributed by atoms with Gasteiger partial charge in [-0.3, -0.25) is 4.98 Å². The Morgan fingerprint density at radius 2 is 2.07 bits per heavy atom. The van der Waals surface area contributed by atoms with E-state index in [4.69, 9.17) is 5.73 Å². The number of fused-ring (bicyclic) bond motifs is 3. The first-order valence-corrected chi connectivity index (χ1v) is 4.77. The minimum atomic E-state index is -0.253. The summed E-state index contributed by atoms with van der Waals surface area (Å²) >= 11 is 0. The minimum absolute atomic E-state index is 0.251. The van der Waals surface area contributed by atoms with Crippen LogP contribution in [0.4, 0.5) is 4.39 Å². The van der Waals surface area contributed by atoms with E-state index in [1.807, 2.05) is 12.1 Å². The van der Waals surface area contributed by atoms with Crippen molar-refractivity contribution in [3.8, 4) is 11.3 Å². The monoisotopic (exact) mass is 200 g/mol. The summed E-state index contributed by atoms with van der Waals surface area (Å²) in [6, 6.07) is 8.20. The summed E-state index contributed by atoms with van der Waals surface area (Å²) in [5.41, 5.74) is 9.63. The fraction of sp³-hybridized carbons (Fsp3) is 0.0833. The van der Waals surface area contributed by atoms with Gasteiger partial charge in [0.2, 0.25) is 0 Å². The predicted octanol–water partition coefficient (Wildman–Crippen LogP) is 2.25. The lowest BCUT2D eigenvalue weighted by molar-refractivity contribution is 0.624. The molecule has 1 aliphatic carbocycles. The van der Waals surface area contributed by atoms with Crippen LogP contribution < -0.4 is 5.73 Å². The molecule has 0 bridgehead atoms. The number of nitrogens with zero attached hydrogens (tertiary/aromatic N) is 1. The molecule has 15 heavy (non-hydrogen) atoms. The molecular weight excluding hydrogens is 191 g/mol. The van der Waals surface area contributed by atoms with Gasteiger partial charge in [0.15, 0.2) is 0 Å². The van der Waals surface area contributed by atoms with Crippen LogP contribution in [-0.2, 0) is 0 Å². The summed E-state index contributed by atoms with van der Waals surface area (Å²) in [4.78, 5) is 4.28. The zero-order chi connectivity index (χ0) is 10.4. The molecule has 0 aliphatic heterocycles. The number of benzene rings is 1. The van der Waals surface area contributed by atoms with Crippen molar-refractivity contribution in [3.63, 3.8) is 0 Å². The summed E-state index contributed by atoms with van der Waals surface area (Å²) < 4.78 is 13.1. The molecule has 0 amide bonds. The maximum atomic E-state index is 13.1. The minimum Gasteiger partial charge on any atom is -0.320 e. The van der Waals surface area contributed by atoms with Crippen LogP contribution in [0.5, 0.6) is 0 Å². The van der Waals surface area contributed by atoms with Gasteiger partial charge in [0.1, 0.15) is 5.82 Å². The quantitative estimate of drug-likeness (QED) is 0.708. The van der Waals surface area contributed by atoms with Gasteiger partial charge in [-0.25, -0.2) is 4.39 Å². The highest BCUT2D eigenvalue weighted by Gasteiger charge is 2.26. The largest absolute Gasteiger partial charge is 0.320 e. The molecule has 0 saturated heterocycles. The lowest BCUT2D eigenvalue weighted by atomic mass is 10.1. The first-order chi connectivity index (χ1) is 7.27. The van der Waals surface area contributed by atoms with E-state index >= 15 is 0 Å². The Balaban J connectivity index is 2.32. The average Bonchev–Trinajstić information content (AvgIpc) is 2.54. The van der Waals surface area contributed by atoms with Crippen LogP contribution in [0, 0.1) is 5.82 Å². The van der Waals surface area contributed by atoms with E-state index < -0.39 is 0 Å². The molecule has 1 aliphatic rings. The van der Waals surface area contributed by atoms with Gasteiger partial charge >= 0.3 is 0 Å². The molecule has 74 valence electrons. The molecule has 1 heterocycles. The number of pyridine rings is 1. The summed E-state index contributed by atoms with van der Waals surface area (Å²) in [5, 5.41) is 0. The first-order valence-electron chi connectivity index (χ1n) is 4.77. The maximum Gasteiger partial charge on any atom is 0.123 e. The van der Waals surface area contributed by atoms with Gasteiger partial charge in [-0.2, -0.15) is 0 Å². The van der Waals surface area contributed by atoms with Gasteiger partial charge in [-0.05, 0) is 35.4 Å². The van der Waals surface area contributed by atoms with Crippen molar-refractivity contribution in [3.05, 3.63) is 53.5 Å². The zero-order valence-electron chi connectivity index (χ0n) is 7.94. The molecule has 2 N–H and O–H groups in total. The zero-order valence-corrected chi connectivity index (χ0v) is 7.94. The highest BCUT2D eigenvalue weighted by atomic mass is 19.1. The second-order valence-electron chi connectivity index (χ2n) is 3.65. The Bertz CT molecular complexity index is 537. The van der Waals surface area contributed by atoms with Crippen molar-refractivity contribution >= 4 is 0 Å². The topological polar surface area (TPSA) is 38.9 Å². The predicted molar refractivity (Wildman–Crippen MR) is 55.7 cm³/mol. The molecule has 3 heteroatoms. The second kappa shape index (κ2) is 2.87. The van der Waals surface area contributed by atoms with E-state index in [0.717, 1.165) is 22.4 Å². The molecule has 2 nitrogen and oxygen atoms in total. The molecule has 0 saturated carbocycles. The van der Waals surface area contributed by atoms with Crippen molar-refractivity contribution in [1.29, 1.82) is 0 Å². The number of hydrogen-bond donors (Lipinski definition) is 1. The highest BCUT2D eigenvalue weighted by Crippen LogP contribution is 2.40. The molecule has 0 fully saturated rings. The molecule has 0 spiro atoms. The van der Waals surface area contributed by atoms with Crippen molar-refractivity contribution < 1.29 is 4.39 Å². The number of rotatable bonds is 0. The summed E-state index contributed by atoms with van der Waals surface area (Å²) in [5.74, 6) is -0.253. The van der Waals surface area contributed by atoms with Crippen molar-refractivity contribution in [2.75, 3.05) is 0 Å². The van der Waals surface area contributed by atoms with Crippen molar-refractivity contribution in [2.45, 2.75) is 6.04 Å². The third kappa shape index (κ3) is 1.10. The van der Waals surface area contributed by atoms with Gasteiger partial charge < -0.3 is 5.73 Å². The molecule has 3 rings (SSSR count). The number of nitrogens with two attached hydrogens (primary N) is 1. The van der Waals surface area contributed by atoms with Crippen LogP contribution in [0.2, 0.25) is 0 Å². The molecule has 0 radical (unpaired) electrons. The summed E-state index contributed by atoms with van der Waals surface area (Å²) in [6.45, 7) is 0. The van der Waals surface area contributed by atoms with Crippen LogP contribution in [0.15, 0.2) is 36.5 Å². The van der Waals surface area contributed by atoms with E-state index in [2.05, 4.69) is 4.98 Å². The molecule has 2 aromatic rings. The van der Waals surface area contributed by atoms with Crippen LogP contribution in [0.1, 0.15) is 17.2 Å². The van der Waals surface area contributed by atoms with Crippen LogP contribution in [0.3, 0.4) is 0 Å². The Morgan fingerprint density at radius 3 is 2.93 bits per heavy atom. The normalized spacial score (nSPS) is 17.3. The van der Waals surface area contributed by atoms with Gasteiger partial charge in [0.05, 0.1) is 11.7 Å². The lowest BCUT2D eigenvalue weighted by Crippen LogP contribution is -2.08. The molecule has 1 unspecified atom stereocenters. The fourth-order valence-electron chi connectivity index (χ4n) is 2.07. The fourth-order valence-corrected chi connectivity index (χ4v) is 2.07. The smallest absolute Gasteiger partial charge is 0.123 e. The Kier molecular flexibility index (Phi) is 1.64. The molecule has 1 aromatic carbocycles. The Hall–Kier alpha value is -1.74. The van der Waals surface area contributed by atoms with E-state index in [0.29, 0.717) is 0 Å². The third-order valence-electron chi connectivity index (χ3n) is 2.78. The highest BCUT2D eigenvalue weighted by molar-refractivity contribution is 5.75. The van der Waals surface area contributed by atoms with Crippen LogP contribution >= 0.6 is 0 Å². The van der Waals surface area contributed by atoms with Crippen molar-refractivity contribution in [1.82, 2.24) is 4.98 Å². The lowest BCUT2D eigenvalue weighted by Gasteiger charge is -2.04. The number of halogens is 1. The number of hydrogen-bond acceptors (Lipinski definition) is 2. The van der Waals surface area contributed by atoms with E-state index in [1.165, 1.54) is 12.1 Å². The maximum absolute atomic E-state index is 13.1. The molecule has 1 aromatic heterocycles. The first kappa shape index (κ1) is 8.56.